The summed E-state index contributed by atoms with van der Waals surface area (Å²) in [5, 5.41) is 16.9. The van der Waals surface area contributed by atoms with Gasteiger partial charge in [-0.2, -0.15) is 5.26 Å². The molecule has 2 N–H and O–H groups in total. The van der Waals surface area contributed by atoms with Gasteiger partial charge in [0.2, 0.25) is 5.91 Å². The third kappa shape index (κ3) is 4.07. The Labute approximate surface area is 128 Å². The highest BCUT2D eigenvalue weighted by Crippen LogP contribution is 2.22. The Morgan fingerprint density at radius 1 is 1.38 bits per heavy atom. The van der Waals surface area contributed by atoms with Gasteiger partial charge < -0.3 is 10.6 Å². The number of anilines is 2. The second kappa shape index (κ2) is 6.91. The van der Waals surface area contributed by atoms with Gasteiger partial charge in [-0.25, -0.2) is 0 Å². The minimum Gasteiger partial charge on any atom is -0.380 e. The zero-order valence-electron chi connectivity index (χ0n) is 12.1. The Kier molecular flexibility index (Phi) is 4.96. The molecule has 0 aliphatic carbocycles. The number of carbonyl (C=O) groups is 1. The fraction of sp³-hybridized carbons (Fsp3) is 0.250. The smallest absolute Gasteiger partial charge is 0.224 e. The molecule has 5 heteroatoms. The molecule has 2 aromatic rings. The van der Waals surface area contributed by atoms with E-state index < -0.39 is 0 Å². The molecule has 0 aliphatic heterocycles. The molecule has 0 saturated carbocycles. The predicted molar refractivity (Wildman–Crippen MR) is 86.5 cm³/mol. The third-order valence-corrected chi connectivity index (χ3v) is 4.02. The molecule has 0 unspecified atom stereocenters. The molecule has 0 aliphatic rings. The molecule has 0 atom stereocenters. The standard InChI is InChI=1S/C16H17N3OS/c1-3-16(20)19-13-5-4-11(2)15(7-13)18-9-14-6-12(8-17)10-21-14/h4-7,10,18H,3,9H2,1-2H3,(H,19,20). The summed E-state index contributed by atoms with van der Waals surface area (Å²) in [4.78, 5) is 12.5. The van der Waals surface area contributed by atoms with Crippen LogP contribution in [-0.2, 0) is 11.3 Å². The highest BCUT2D eigenvalue weighted by molar-refractivity contribution is 7.10. The molecule has 0 saturated heterocycles. The fourth-order valence-electron chi connectivity index (χ4n) is 1.85. The van der Waals surface area contributed by atoms with Crippen LogP contribution < -0.4 is 10.6 Å². The van der Waals surface area contributed by atoms with Crippen LogP contribution in [0.2, 0.25) is 0 Å². The molecule has 108 valence electrons. The van der Waals surface area contributed by atoms with E-state index in [-0.39, 0.29) is 5.91 Å². The van der Waals surface area contributed by atoms with Crippen LogP contribution in [0.25, 0.3) is 0 Å². The van der Waals surface area contributed by atoms with Gasteiger partial charge in [0.1, 0.15) is 6.07 Å². The second-order valence-electron chi connectivity index (χ2n) is 4.70. The molecule has 0 bridgehead atoms. The van der Waals surface area contributed by atoms with E-state index in [1.807, 2.05) is 43.5 Å². The number of nitrogens with one attached hydrogen (secondary N) is 2. The first-order chi connectivity index (χ1) is 10.1. The lowest BCUT2D eigenvalue weighted by Gasteiger charge is -2.11. The molecule has 0 radical (unpaired) electrons. The highest BCUT2D eigenvalue weighted by atomic mass is 32.1. The Morgan fingerprint density at radius 3 is 2.86 bits per heavy atom. The van der Waals surface area contributed by atoms with Crippen molar-refractivity contribution in [1.82, 2.24) is 0 Å². The van der Waals surface area contributed by atoms with E-state index in [1.54, 1.807) is 11.3 Å². The lowest BCUT2D eigenvalue weighted by atomic mass is 10.1. The van der Waals surface area contributed by atoms with Crippen molar-refractivity contribution in [3.8, 4) is 6.07 Å². The number of hydrogen-bond acceptors (Lipinski definition) is 4. The molecule has 2 rings (SSSR count). The number of rotatable bonds is 5. The van der Waals surface area contributed by atoms with Crippen LogP contribution in [0.5, 0.6) is 0 Å². The Balaban J connectivity index is 2.06. The number of aryl methyl sites for hydroxylation is 1. The average Bonchev–Trinajstić information content (AvgIpc) is 2.95. The number of hydrogen-bond donors (Lipinski definition) is 2. The fourth-order valence-corrected chi connectivity index (χ4v) is 2.60. The first-order valence-electron chi connectivity index (χ1n) is 6.74. The summed E-state index contributed by atoms with van der Waals surface area (Å²) in [5.74, 6) is 0.00159. The van der Waals surface area contributed by atoms with Crippen molar-refractivity contribution in [3.05, 3.63) is 45.6 Å². The maximum Gasteiger partial charge on any atom is 0.224 e. The molecule has 1 aromatic heterocycles. The quantitative estimate of drug-likeness (QED) is 0.880. The summed E-state index contributed by atoms with van der Waals surface area (Å²) in [6.07, 6.45) is 0.461. The number of nitriles is 1. The highest BCUT2D eigenvalue weighted by Gasteiger charge is 2.04. The van der Waals surface area contributed by atoms with E-state index in [1.165, 1.54) is 0 Å². The molecule has 4 nitrogen and oxygen atoms in total. The Hall–Kier alpha value is -2.32. The predicted octanol–water partition coefficient (Wildman–Crippen LogP) is 3.89. The minimum atomic E-state index is 0.00159. The van der Waals surface area contributed by atoms with Gasteiger partial charge in [-0.3, -0.25) is 4.79 Å². The van der Waals surface area contributed by atoms with E-state index in [0.29, 0.717) is 18.5 Å². The van der Waals surface area contributed by atoms with Crippen LogP contribution in [0, 0.1) is 18.3 Å². The topological polar surface area (TPSA) is 64.9 Å². The summed E-state index contributed by atoms with van der Waals surface area (Å²) in [5.41, 5.74) is 3.58. The zero-order chi connectivity index (χ0) is 15.2. The van der Waals surface area contributed by atoms with Crippen molar-refractivity contribution in [1.29, 1.82) is 5.26 Å². The van der Waals surface area contributed by atoms with Crippen LogP contribution in [0.15, 0.2) is 29.6 Å². The third-order valence-electron chi connectivity index (χ3n) is 3.08. The van der Waals surface area contributed by atoms with Crippen molar-refractivity contribution in [2.24, 2.45) is 0 Å². The van der Waals surface area contributed by atoms with E-state index in [2.05, 4.69) is 16.7 Å². The van der Waals surface area contributed by atoms with Crippen LogP contribution in [0.3, 0.4) is 0 Å². The maximum atomic E-state index is 11.4. The summed E-state index contributed by atoms with van der Waals surface area (Å²) in [6.45, 7) is 4.51. The number of benzene rings is 1. The maximum absolute atomic E-state index is 11.4. The van der Waals surface area contributed by atoms with Crippen LogP contribution in [0.4, 0.5) is 11.4 Å². The number of thiophene rings is 1. The van der Waals surface area contributed by atoms with Gasteiger partial charge in [-0.1, -0.05) is 13.0 Å². The zero-order valence-corrected chi connectivity index (χ0v) is 12.9. The molecule has 1 aromatic carbocycles. The Morgan fingerprint density at radius 2 is 2.19 bits per heavy atom. The van der Waals surface area contributed by atoms with E-state index in [9.17, 15) is 4.79 Å². The summed E-state index contributed by atoms with van der Waals surface area (Å²) in [7, 11) is 0. The van der Waals surface area contributed by atoms with E-state index in [4.69, 9.17) is 5.26 Å². The summed E-state index contributed by atoms with van der Waals surface area (Å²) in [6, 6.07) is 9.82. The Bertz CT molecular complexity index is 685. The van der Waals surface area contributed by atoms with Gasteiger partial charge in [0.15, 0.2) is 0 Å². The molecule has 1 heterocycles. The summed E-state index contributed by atoms with van der Waals surface area (Å²) < 4.78 is 0. The average molecular weight is 299 g/mol. The van der Waals surface area contributed by atoms with Gasteiger partial charge in [0.05, 0.1) is 5.56 Å². The van der Waals surface area contributed by atoms with Crippen molar-refractivity contribution < 1.29 is 4.79 Å². The molecule has 1 amide bonds. The SMILES string of the molecule is CCC(=O)Nc1ccc(C)c(NCc2cc(C#N)cs2)c1. The van der Waals surface area contributed by atoms with E-state index in [0.717, 1.165) is 21.8 Å². The second-order valence-corrected chi connectivity index (χ2v) is 5.69. The van der Waals surface area contributed by atoms with Gasteiger partial charge >= 0.3 is 0 Å². The molecular formula is C16H17N3OS. The lowest BCUT2D eigenvalue weighted by molar-refractivity contribution is -0.115. The molecule has 0 fully saturated rings. The molecule has 0 spiro atoms. The normalized spacial score (nSPS) is 9.95. The van der Waals surface area contributed by atoms with E-state index >= 15 is 0 Å². The lowest BCUT2D eigenvalue weighted by Crippen LogP contribution is -2.10. The van der Waals surface area contributed by atoms with Gasteiger partial charge in [-0.05, 0) is 30.7 Å². The first-order valence-corrected chi connectivity index (χ1v) is 7.62. The number of carbonyl (C=O) groups excluding carboxylic acids is 1. The molecule has 21 heavy (non-hydrogen) atoms. The largest absolute Gasteiger partial charge is 0.380 e. The first kappa shape index (κ1) is 15.1. The summed E-state index contributed by atoms with van der Waals surface area (Å²) >= 11 is 1.56. The number of amides is 1. The minimum absolute atomic E-state index is 0.00159. The van der Waals surface area contributed by atoms with Gasteiger partial charge in [0.25, 0.3) is 0 Å². The van der Waals surface area contributed by atoms with Crippen molar-refractivity contribution >= 4 is 28.6 Å². The van der Waals surface area contributed by atoms with Crippen LogP contribution in [-0.4, -0.2) is 5.91 Å². The van der Waals surface area contributed by atoms with Crippen LogP contribution in [0.1, 0.15) is 29.3 Å². The van der Waals surface area contributed by atoms with Crippen molar-refractivity contribution in [2.75, 3.05) is 10.6 Å². The van der Waals surface area contributed by atoms with Gasteiger partial charge in [-0.15, -0.1) is 11.3 Å². The molecular weight excluding hydrogens is 282 g/mol. The van der Waals surface area contributed by atoms with Crippen molar-refractivity contribution in [2.45, 2.75) is 26.8 Å². The van der Waals surface area contributed by atoms with Crippen molar-refractivity contribution in [3.63, 3.8) is 0 Å². The number of nitrogens with zero attached hydrogens (tertiary/aromatic N) is 1. The van der Waals surface area contributed by atoms with Crippen LogP contribution >= 0.6 is 11.3 Å². The van der Waals surface area contributed by atoms with Gasteiger partial charge in [0, 0.05) is 34.6 Å². The monoisotopic (exact) mass is 299 g/mol.